The van der Waals surface area contributed by atoms with Gasteiger partial charge in [-0.05, 0) is 24.3 Å². The van der Waals surface area contributed by atoms with Crippen LogP contribution in [-0.4, -0.2) is 28.6 Å². The average molecular weight is 351 g/mol. The lowest BCUT2D eigenvalue weighted by Gasteiger charge is -2.16. The van der Waals surface area contributed by atoms with Gasteiger partial charge in [-0.1, -0.05) is 29.9 Å². The van der Waals surface area contributed by atoms with Crippen molar-refractivity contribution in [3.63, 3.8) is 0 Å². The third-order valence-electron chi connectivity index (χ3n) is 3.62. The number of carbonyl (C=O) groups excluding carboxylic acids is 2. The lowest BCUT2D eigenvalue weighted by atomic mass is 10.1. The minimum atomic E-state index is -0.0991. The molecule has 2 heterocycles. The number of nitrogens with zero attached hydrogens (tertiary/aromatic N) is 3. The van der Waals surface area contributed by atoms with Gasteiger partial charge in [0.25, 0.3) is 0 Å². The van der Waals surface area contributed by atoms with Crippen LogP contribution in [0, 0.1) is 0 Å². The van der Waals surface area contributed by atoms with Crippen LogP contribution in [0.5, 0.6) is 0 Å². The predicted octanol–water partition coefficient (Wildman–Crippen LogP) is 3.06. The topological polar surface area (TPSA) is 75.2 Å². The number of anilines is 2. The van der Waals surface area contributed by atoms with E-state index in [0.29, 0.717) is 29.5 Å². The summed E-state index contributed by atoms with van der Waals surface area (Å²) in [6.45, 7) is 2.33. The number of nitrogens with one attached hydrogen (secondary N) is 1. The maximum atomic E-state index is 12.3. The monoisotopic (exact) mass is 350 g/mol. The molecule has 1 N–H and O–H groups in total. The van der Waals surface area contributed by atoms with Crippen LogP contribution in [0.4, 0.5) is 10.8 Å². The maximum absolute atomic E-state index is 12.3. The van der Waals surface area contributed by atoms with Gasteiger partial charge in [-0.15, -0.1) is 10.2 Å². The highest BCUT2D eigenvalue weighted by molar-refractivity contribution is 7.15. The first kappa shape index (κ1) is 15.9. The highest BCUT2D eigenvalue weighted by Gasteiger charge is 2.33. The second kappa shape index (κ2) is 6.64. The van der Waals surface area contributed by atoms with Gasteiger partial charge in [0, 0.05) is 36.0 Å². The Morgan fingerprint density at radius 3 is 2.83 bits per heavy atom. The summed E-state index contributed by atoms with van der Waals surface area (Å²) < 4.78 is 0. The minimum absolute atomic E-state index is 0.0112. The van der Waals surface area contributed by atoms with Gasteiger partial charge in [-0.2, -0.15) is 0 Å². The molecule has 6 nitrogen and oxygen atoms in total. The van der Waals surface area contributed by atoms with E-state index in [1.54, 1.807) is 24.0 Å². The van der Waals surface area contributed by atoms with Crippen molar-refractivity contribution in [3.8, 4) is 0 Å². The second-order valence-electron chi connectivity index (χ2n) is 5.23. The molecule has 1 fully saturated rings. The van der Waals surface area contributed by atoms with Crippen molar-refractivity contribution in [2.75, 3.05) is 16.8 Å². The van der Waals surface area contributed by atoms with Crippen molar-refractivity contribution in [2.24, 2.45) is 0 Å². The summed E-state index contributed by atoms with van der Waals surface area (Å²) >= 11 is 7.20. The first-order chi connectivity index (χ1) is 11.1. The molecule has 1 atom stereocenters. The quantitative estimate of drug-likeness (QED) is 0.919. The molecule has 8 heteroatoms. The van der Waals surface area contributed by atoms with E-state index in [2.05, 4.69) is 15.5 Å². The van der Waals surface area contributed by atoms with Crippen molar-refractivity contribution in [2.45, 2.75) is 25.7 Å². The van der Waals surface area contributed by atoms with E-state index < -0.39 is 0 Å². The summed E-state index contributed by atoms with van der Waals surface area (Å²) in [6, 6.07) is 7.19. The Labute approximate surface area is 142 Å². The zero-order chi connectivity index (χ0) is 16.4. The first-order valence-electron chi connectivity index (χ1n) is 7.26. The number of amides is 2. The number of halogens is 1. The smallest absolute Gasteiger partial charge is 0.227 e. The molecule has 0 spiro atoms. The van der Waals surface area contributed by atoms with Crippen molar-refractivity contribution in [3.05, 3.63) is 34.3 Å². The second-order valence-corrected chi connectivity index (χ2v) is 6.67. The summed E-state index contributed by atoms with van der Waals surface area (Å²) in [7, 11) is 0. The predicted molar refractivity (Wildman–Crippen MR) is 90.0 cm³/mol. The molecule has 0 radical (unpaired) electrons. The standard InChI is InChI=1S/C15H15ClN4O2S/c1-2-12(21)17-15-19-18-14(23-15)9-7-13(22)20(8-9)11-5-3-10(16)4-6-11/h3-6,9H,2,7-8H2,1H3,(H,17,19,21)/t9-/m1/s1. The van der Waals surface area contributed by atoms with Crippen LogP contribution >= 0.6 is 22.9 Å². The van der Waals surface area contributed by atoms with E-state index >= 15 is 0 Å². The molecule has 0 unspecified atom stereocenters. The molecule has 1 aromatic carbocycles. The number of hydrogen-bond acceptors (Lipinski definition) is 5. The van der Waals surface area contributed by atoms with Crippen molar-refractivity contribution >= 4 is 45.6 Å². The Kier molecular flexibility index (Phi) is 4.58. The van der Waals surface area contributed by atoms with Crippen LogP contribution in [0.2, 0.25) is 5.02 Å². The average Bonchev–Trinajstić information content (AvgIpc) is 3.15. The highest BCUT2D eigenvalue weighted by Crippen LogP contribution is 2.34. The molecule has 3 rings (SSSR count). The fraction of sp³-hybridized carbons (Fsp3) is 0.333. The fourth-order valence-electron chi connectivity index (χ4n) is 2.40. The van der Waals surface area contributed by atoms with Crippen LogP contribution < -0.4 is 10.2 Å². The van der Waals surface area contributed by atoms with Gasteiger partial charge in [0.15, 0.2) is 0 Å². The van der Waals surface area contributed by atoms with Gasteiger partial charge in [0.05, 0.1) is 0 Å². The summed E-state index contributed by atoms with van der Waals surface area (Å²) in [5.74, 6) is -0.0624. The number of rotatable bonds is 4. The molecule has 120 valence electrons. The largest absolute Gasteiger partial charge is 0.312 e. The molecule has 2 aromatic rings. The van der Waals surface area contributed by atoms with Crippen LogP contribution in [0.3, 0.4) is 0 Å². The Morgan fingerprint density at radius 2 is 2.13 bits per heavy atom. The third-order valence-corrected chi connectivity index (χ3v) is 4.87. The van der Waals surface area contributed by atoms with Gasteiger partial charge in [-0.3, -0.25) is 9.59 Å². The van der Waals surface area contributed by atoms with Crippen molar-refractivity contribution < 1.29 is 9.59 Å². The van der Waals surface area contributed by atoms with Gasteiger partial charge in [0.2, 0.25) is 16.9 Å². The molecule has 2 amide bonds. The number of hydrogen-bond donors (Lipinski definition) is 1. The molecular weight excluding hydrogens is 336 g/mol. The van der Waals surface area contributed by atoms with E-state index in [9.17, 15) is 9.59 Å². The normalized spacial score (nSPS) is 17.6. The number of benzene rings is 1. The Morgan fingerprint density at radius 1 is 1.39 bits per heavy atom. The highest BCUT2D eigenvalue weighted by atomic mass is 35.5. The summed E-state index contributed by atoms with van der Waals surface area (Å²) in [5, 5.41) is 12.7. The fourth-order valence-corrected chi connectivity index (χ4v) is 3.38. The van der Waals surface area contributed by atoms with Crippen LogP contribution in [0.1, 0.15) is 30.7 Å². The lowest BCUT2D eigenvalue weighted by molar-refractivity contribution is -0.117. The number of carbonyl (C=O) groups is 2. The Balaban J connectivity index is 1.72. The van der Waals surface area contributed by atoms with E-state index in [4.69, 9.17) is 11.6 Å². The van der Waals surface area contributed by atoms with E-state index in [0.717, 1.165) is 10.7 Å². The zero-order valence-corrected chi connectivity index (χ0v) is 14.0. The molecule has 23 heavy (non-hydrogen) atoms. The van der Waals surface area contributed by atoms with Gasteiger partial charge in [-0.25, -0.2) is 0 Å². The molecule has 1 saturated heterocycles. The third kappa shape index (κ3) is 3.51. The van der Waals surface area contributed by atoms with Gasteiger partial charge in [0.1, 0.15) is 5.01 Å². The van der Waals surface area contributed by atoms with Crippen molar-refractivity contribution in [1.82, 2.24) is 10.2 Å². The van der Waals surface area contributed by atoms with E-state index in [-0.39, 0.29) is 17.7 Å². The molecule has 1 aliphatic heterocycles. The Bertz CT molecular complexity index is 731. The van der Waals surface area contributed by atoms with E-state index in [1.165, 1.54) is 11.3 Å². The first-order valence-corrected chi connectivity index (χ1v) is 8.45. The van der Waals surface area contributed by atoms with Gasteiger partial charge >= 0.3 is 0 Å². The van der Waals surface area contributed by atoms with Crippen LogP contribution in [-0.2, 0) is 9.59 Å². The van der Waals surface area contributed by atoms with Crippen LogP contribution in [0.15, 0.2) is 24.3 Å². The molecule has 1 aliphatic rings. The molecule has 0 aliphatic carbocycles. The zero-order valence-electron chi connectivity index (χ0n) is 12.5. The molecule has 0 bridgehead atoms. The SMILES string of the molecule is CCC(=O)Nc1nnc([C@@H]2CC(=O)N(c3ccc(Cl)cc3)C2)s1. The lowest BCUT2D eigenvalue weighted by Crippen LogP contribution is -2.24. The summed E-state index contributed by atoms with van der Waals surface area (Å²) in [4.78, 5) is 25.4. The minimum Gasteiger partial charge on any atom is -0.312 e. The summed E-state index contributed by atoms with van der Waals surface area (Å²) in [6.07, 6.45) is 0.778. The summed E-state index contributed by atoms with van der Waals surface area (Å²) in [5.41, 5.74) is 0.825. The van der Waals surface area contributed by atoms with E-state index in [1.807, 2.05) is 12.1 Å². The Hall–Kier alpha value is -1.99. The van der Waals surface area contributed by atoms with Crippen LogP contribution in [0.25, 0.3) is 0 Å². The molecular formula is C15H15ClN4O2S. The van der Waals surface area contributed by atoms with Crippen molar-refractivity contribution in [1.29, 1.82) is 0 Å². The molecule has 0 saturated carbocycles. The maximum Gasteiger partial charge on any atom is 0.227 e. The van der Waals surface area contributed by atoms with Gasteiger partial charge < -0.3 is 10.2 Å². The number of aromatic nitrogens is 2. The molecule has 1 aromatic heterocycles.